The Morgan fingerprint density at radius 2 is 2.10 bits per heavy atom. The summed E-state index contributed by atoms with van der Waals surface area (Å²) in [7, 11) is -0.709. The Bertz CT molecular complexity index is 564. The molecule has 0 amide bonds. The molecular formula is C14H18N2O3S. The monoisotopic (exact) mass is 294 g/mol. The highest BCUT2D eigenvalue weighted by atomic mass is 32.2. The van der Waals surface area contributed by atoms with Crippen molar-refractivity contribution in [2.45, 2.75) is 38.1 Å². The smallest absolute Gasteiger partial charge is 0.339 e. The van der Waals surface area contributed by atoms with E-state index in [1.54, 1.807) is 6.07 Å². The number of aromatic carboxylic acids is 1. The van der Waals surface area contributed by atoms with Crippen LogP contribution in [0.25, 0.3) is 0 Å². The number of aryl methyl sites for hydroxylation is 2. The van der Waals surface area contributed by atoms with Crippen molar-refractivity contribution >= 4 is 22.6 Å². The van der Waals surface area contributed by atoms with Crippen LogP contribution in [-0.4, -0.2) is 37.8 Å². The van der Waals surface area contributed by atoms with Crippen molar-refractivity contribution in [1.82, 2.24) is 4.98 Å². The van der Waals surface area contributed by atoms with Crippen LogP contribution in [0.1, 0.15) is 40.9 Å². The molecule has 5 nitrogen and oxygen atoms in total. The second kappa shape index (κ2) is 5.52. The Hall–Kier alpha value is -1.43. The number of aromatic nitrogens is 1. The van der Waals surface area contributed by atoms with E-state index < -0.39 is 16.8 Å². The van der Waals surface area contributed by atoms with Crippen molar-refractivity contribution in [3.63, 3.8) is 0 Å². The summed E-state index contributed by atoms with van der Waals surface area (Å²) in [5, 5.41) is 12.6. The van der Waals surface area contributed by atoms with Crippen molar-refractivity contribution in [2.75, 3.05) is 16.8 Å². The number of carboxylic acids is 1. The van der Waals surface area contributed by atoms with Gasteiger partial charge in [-0.3, -0.25) is 4.21 Å². The van der Waals surface area contributed by atoms with Gasteiger partial charge in [-0.25, -0.2) is 9.78 Å². The van der Waals surface area contributed by atoms with Crippen molar-refractivity contribution < 1.29 is 14.1 Å². The fraction of sp³-hybridized carbons (Fsp3) is 0.571. The Morgan fingerprint density at radius 3 is 2.80 bits per heavy atom. The number of carbonyl (C=O) groups is 1. The van der Waals surface area contributed by atoms with Gasteiger partial charge in [0.15, 0.2) is 0 Å². The first kappa shape index (κ1) is 13.5. The normalized spacial score (nSPS) is 25.2. The predicted molar refractivity (Wildman–Crippen MR) is 77.7 cm³/mol. The second-order valence-electron chi connectivity index (χ2n) is 5.42. The van der Waals surface area contributed by atoms with Crippen LogP contribution in [0.4, 0.5) is 5.82 Å². The summed E-state index contributed by atoms with van der Waals surface area (Å²) in [6.07, 6.45) is 4.52. The van der Waals surface area contributed by atoms with Crippen LogP contribution < -0.4 is 5.32 Å². The zero-order chi connectivity index (χ0) is 14.1. The summed E-state index contributed by atoms with van der Waals surface area (Å²) in [6.45, 7) is 0. The second-order valence-corrected chi connectivity index (χ2v) is 7.11. The molecular weight excluding hydrogens is 276 g/mol. The molecule has 2 heterocycles. The van der Waals surface area contributed by atoms with Crippen LogP contribution in [0.15, 0.2) is 6.07 Å². The van der Waals surface area contributed by atoms with E-state index in [4.69, 9.17) is 0 Å². The first-order valence-corrected chi connectivity index (χ1v) is 8.50. The van der Waals surface area contributed by atoms with Gasteiger partial charge in [0, 0.05) is 34.0 Å². The van der Waals surface area contributed by atoms with Gasteiger partial charge in [0.2, 0.25) is 0 Å². The van der Waals surface area contributed by atoms with Crippen molar-refractivity contribution in [2.24, 2.45) is 0 Å². The summed E-state index contributed by atoms with van der Waals surface area (Å²) < 4.78 is 11.4. The third kappa shape index (κ3) is 2.70. The van der Waals surface area contributed by atoms with Crippen LogP contribution in [0.3, 0.4) is 0 Å². The number of hydrogen-bond donors (Lipinski definition) is 2. The number of fused-ring (bicyclic) bond motifs is 1. The Kier molecular flexibility index (Phi) is 3.74. The van der Waals surface area contributed by atoms with Crippen molar-refractivity contribution in [1.29, 1.82) is 0 Å². The lowest BCUT2D eigenvalue weighted by molar-refractivity contribution is 0.0697. The molecule has 0 radical (unpaired) electrons. The minimum Gasteiger partial charge on any atom is -0.478 e. The highest BCUT2D eigenvalue weighted by Crippen LogP contribution is 2.26. The molecule has 0 spiro atoms. The van der Waals surface area contributed by atoms with E-state index in [1.807, 2.05) is 0 Å². The molecule has 6 heteroatoms. The molecule has 0 saturated carbocycles. The van der Waals surface area contributed by atoms with E-state index in [1.165, 1.54) is 0 Å². The largest absolute Gasteiger partial charge is 0.478 e. The molecule has 1 aliphatic heterocycles. The maximum absolute atomic E-state index is 11.4. The average Bonchev–Trinajstić information content (AvgIpc) is 2.87. The summed E-state index contributed by atoms with van der Waals surface area (Å²) in [5.41, 5.74) is 2.35. The van der Waals surface area contributed by atoms with Gasteiger partial charge in [-0.1, -0.05) is 0 Å². The zero-order valence-electron chi connectivity index (χ0n) is 11.2. The van der Waals surface area contributed by atoms with Crippen molar-refractivity contribution in [3.8, 4) is 0 Å². The maximum atomic E-state index is 11.4. The van der Waals surface area contributed by atoms with E-state index in [0.29, 0.717) is 17.3 Å². The molecule has 1 fully saturated rings. The quantitative estimate of drug-likeness (QED) is 0.885. The molecule has 0 atom stereocenters. The van der Waals surface area contributed by atoms with Gasteiger partial charge in [-0.15, -0.1) is 0 Å². The third-order valence-electron chi connectivity index (χ3n) is 4.01. The average molecular weight is 294 g/mol. The molecule has 1 saturated heterocycles. The molecule has 1 aromatic rings. The summed E-state index contributed by atoms with van der Waals surface area (Å²) in [4.78, 5) is 15.9. The number of carboxylic acid groups (broad SMARTS) is 1. The number of nitrogens with one attached hydrogen (secondary N) is 1. The minimum atomic E-state index is -0.936. The molecule has 2 aliphatic rings. The fourth-order valence-corrected chi connectivity index (χ4v) is 4.18. The SMILES string of the molecule is O=C(O)c1cc2c(nc1NC1CCS(=O)CC1)CCC2. The predicted octanol–water partition coefficient (Wildman–Crippen LogP) is 1.59. The van der Waals surface area contributed by atoms with Gasteiger partial charge >= 0.3 is 5.97 Å². The topological polar surface area (TPSA) is 79.3 Å². The van der Waals surface area contributed by atoms with Crippen LogP contribution in [0, 0.1) is 0 Å². The highest BCUT2D eigenvalue weighted by molar-refractivity contribution is 7.85. The van der Waals surface area contributed by atoms with Gasteiger partial charge in [-0.2, -0.15) is 0 Å². The molecule has 20 heavy (non-hydrogen) atoms. The molecule has 3 rings (SSSR count). The van der Waals surface area contributed by atoms with Gasteiger partial charge in [0.1, 0.15) is 11.4 Å². The van der Waals surface area contributed by atoms with Crippen LogP contribution in [-0.2, 0) is 23.6 Å². The van der Waals surface area contributed by atoms with Crippen LogP contribution >= 0.6 is 0 Å². The van der Waals surface area contributed by atoms with E-state index >= 15 is 0 Å². The lowest BCUT2D eigenvalue weighted by Gasteiger charge is -2.24. The van der Waals surface area contributed by atoms with Gasteiger partial charge < -0.3 is 10.4 Å². The van der Waals surface area contributed by atoms with E-state index in [0.717, 1.165) is 43.4 Å². The lowest BCUT2D eigenvalue weighted by Crippen LogP contribution is -2.30. The molecule has 0 unspecified atom stereocenters. The minimum absolute atomic E-state index is 0.178. The first-order chi connectivity index (χ1) is 9.63. The summed E-state index contributed by atoms with van der Waals surface area (Å²) >= 11 is 0. The van der Waals surface area contributed by atoms with Crippen LogP contribution in [0.5, 0.6) is 0 Å². The molecule has 2 N–H and O–H groups in total. The van der Waals surface area contributed by atoms with Crippen LogP contribution in [0.2, 0.25) is 0 Å². The Morgan fingerprint density at radius 1 is 1.35 bits per heavy atom. The Labute approximate surface area is 120 Å². The first-order valence-electron chi connectivity index (χ1n) is 7.01. The summed E-state index contributed by atoms with van der Waals surface area (Å²) in [5.74, 6) is 0.917. The molecule has 108 valence electrons. The van der Waals surface area contributed by atoms with E-state index in [-0.39, 0.29) is 11.6 Å². The molecule has 0 bridgehead atoms. The molecule has 0 aromatic carbocycles. The fourth-order valence-electron chi connectivity index (χ4n) is 2.88. The van der Waals surface area contributed by atoms with Gasteiger partial charge in [-0.05, 0) is 43.7 Å². The lowest BCUT2D eigenvalue weighted by atomic mass is 10.1. The van der Waals surface area contributed by atoms with Crippen molar-refractivity contribution in [3.05, 3.63) is 22.9 Å². The number of hydrogen-bond acceptors (Lipinski definition) is 4. The standard InChI is InChI=1S/C14H18N2O3S/c17-14(18)11-8-9-2-1-3-12(9)16-13(11)15-10-4-6-20(19)7-5-10/h8,10H,1-7H2,(H,15,16)(H,17,18). The van der Waals surface area contributed by atoms with E-state index in [2.05, 4.69) is 10.3 Å². The highest BCUT2D eigenvalue weighted by Gasteiger charge is 2.23. The maximum Gasteiger partial charge on any atom is 0.339 e. The number of pyridine rings is 1. The van der Waals surface area contributed by atoms with Gasteiger partial charge in [0.05, 0.1) is 0 Å². The van der Waals surface area contributed by atoms with Gasteiger partial charge in [0.25, 0.3) is 0 Å². The number of rotatable bonds is 3. The third-order valence-corrected chi connectivity index (χ3v) is 5.39. The zero-order valence-corrected chi connectivity index (χ0v) is 12.0. The summed E-state index contributed by atoms with van der Waals surface area (Å²) in [6, 6.07) is 1.94. The molecule has 1 aromatic heterocycles. The van der Waals surface area contributed by atoms with E-state index in [9.17, 15) is 14.1 Å². The Balaban J connectivity index is 1.84. The molecule has 1 aliphatic carbocycles. The number of anilines is 1. The number of nitrogens with zero attached hydrogens (tertiary/aromatic N) is 1.